The normalized spacial score (nSPS) is 11.9. The van der Waals surface area contributed by atoms with E-state index in [0.29, 0.717) is 36.3 Å². The van der Waals surface area contributed by atoms with Crippen LogP contribution in [0, 0.1) is 5.92 Å². The Morgan fingerprint density at radius 1 is 0.872 bits per heavy atom. The average Bonchev–Trinajstić information content (AvgIpc) is 2.94. The molecule has 0 aromatic heterocycles. The molecular weight excluding hydrogens is 490 g/mol. The molecule has 0 bridgehead atoms. The fourth-order valence-corrected chi connectivity index (χ4v) is 4.78. The minimum Gasteiger partial charge on any atom is -0.465 e. The van der Waals surface area contributed by atoms with Gasteiger partial charge in [-0.05, 0) is 74.2 Å². The number of amides is 2. The van der Waals surface area contributed by atoms with Crippen LogP contribution in [0.1, 0.15) is 92.1 Å². The summed E-state index contributed by atoms with van der Waals surface area (Å²) in [5, 5.41) is 3.16. The summed E-state index contributed by atoms with van der Waals surface area (Å²) >= 11 is 0. The average molecular weight is 538 g/mol. The monoisotopic (exact) mass is 537 g/mol. The van der Waals surface area contributed by atoms with Gasteiger partial charge in [0.2, 0.25) is 5.91 Å². The molecule has 2 rings (SSSR count). The Kier molecular flexibility index (Phi) is 13.2. The van der Waals surface area contributed by atoms with Crippen molar-refractivity contribution in [2.75, 3.05) is 45.2 Å². The number of hydrogen-bond acceptors (Lipinski definition) is 5. The molecule has 0 saturated heterocycles. The van der Waals surface area contributed by atoms with Crippen molar-refractivity contribution in [1.82, 2.24) is 9.80 Å². The summed E-state index contributed by atoms with van der Waals surface area (Å²) in [6.45, 7) is 16.5. The zero-order valence-electron chi connectivity index (χ0n) is 24.9. The summed E-state index contributed by atoms with van der Waals surface area (Å²) in [5.41, 5.74) is 3.75. The molecule has 1 N–H and O–H groups in total. The topological polar surface area (TPSA) is 78.9 Å². The molecule has 0 spiro atoms. The molecule has 7 heteroatoms. The van der Waals surface area contributed by atoms with Crippen molar-refractivity contribution in [3.8, 4) is 0 Å². The zero-order chi connectivity index (χ0) is 28.9. The van der Waals surface area contributed by atoms with E-state index in [1.807, 2.05) is 42.2 Å². The summed E-state index contributed by atoms with van der Waals surface area (Å²) in [6, 6.07) is 12.9. The number of esters is 1. The van der Waals surface area contributed by atoms with Crippen LogP contribution in [-0.2, 0) is 16.0 Å². The predicted molar refractivity (Wildman–Crippen MR) is 158 cm³/mol. The molecule has 0 aliphatic rings. The molecule has 1 unspecified atom stereocenters. The van der Waals surface area contributed by atoms with Crippen LogP contribution in [0.25, 0.3) is 0 Å². The maximum atomic E-state index is 13.5. The van der Waals surface area contributed by atoms with Crippen molar-refractivity contribution < 1.29 is 19.1 Å². The van der Waals surface area contributed by atoms with Gasteiger partial charge in [-0.1, -0.05) is 59.2 Å². The van der Waals surface area contributed by atoms with E-state index >= 15 is 0 Å². The van der Waals surface area contributed by atoms with Crippen molar-refractivity contribution in [2.24, 2.45) is 5.92 Å². The van der Waals surface area contributed by atoms with E-state index in [4.69, 9.17) is 4.74 Å². The van der Waals surface area contributed by atoms with Crippen LogP contribution in [0.15, 0.2) is 42.5 Å². The molecule has 0 saturated carbocycles. The Morgan fingerprint density at radius 3 is 2.05 bits per heavy atom. The Balaban J connectivity index is 2.25. The number of rotatable bonds is 15. The molecule has 0 fully saturated rings. The second-order valence-electron chi connectivity index (χ2n) is 10.2. The Hall–Kier alpha value is -3.19. The van der Waals surface area contributed by atoms with Crippen molar-refractivity contribution in [3.05, 3.63) is 64.7 Å². The van der Waals surface area contributed by atoms with E-state index in [-0.39, 0.29) is 29.6 Å². The van der Waals surface area contributed by atoms with Crippen LogP contribution >= 0.6 is 0 Å². The molecule has 214 valence electrons. The molecule has 0 aliphatic heterocycles. The third-order valence-electron chi connectivity index (χ3n) is 7.29. The van der Waals surface area contributed by atoms with Gasteiger partial charge in [0.25, 0.3) is 5.91 Å². The van der Waals surface area contributed by atoms with E-state index in [0.717, 1.165) is 43.6 Å². The number of methoxy groups -OCH3 is 1. The number of carbonyl (C=O) groups is 3. The van der Waals surface area contributed by atoms with Gasteiger partial charge in [-0.25, -0.2) is 4.79 Å². The number of hydrogen-bond donors (Lipinski definition) is 1. The largest absolute Gasteiger partial charge is 0.465 e. The van der Waals surface area contributed by atoms with Crippen molar-refractivity contribution >= 4 is 23.5 Å². The second-order valence-corrected chi connectivity index (χ2v) is 10.2. The fourth-order valence-electron chi connectivity index (χ4n) is 4.78. The highest BCUT2D eigenvalue weighted by molar-refractivity contribution is 5.98. The van der Waals surface area contributed by atoms with Crippen LogP contribution in [0.2, 0.25) is 0 Å². The molecule has 0 radical (unpaired) electrons. The Bertz CT molecular complexity index is 1080. The Morgan fingerprint density at radius 2 is 1.51 bits per heavy atom. The molecular formula is C32H47N3O4. The highest BCUT2D eigenvalue weighted by atomic mass is 16.5. The lowest BCUT2D eigenvalue weighted by molar-refractivity contribution is -0.120. The summed E-state index contributed by atoms with van der Waals surface area (Å²) < 4.78 is 4.78. The van der Waals surface area contributed by atoms with Crippen LogP contribution in [0.4, 0.5) is 5.69 Å². The second kappa shape index (κ2) is 16.0. The number of nitrogens with zero attached hydrogens (tertiary/aromatic N) is 2. The van der Waals surface area contributed by atoms with Crippen LogP contribution < -0.4 is 5.32 Å². The smallest absolute Gasteiger partial charge is 0.337 e. The lowest BCUT2D eigenvalue weighted by Gasteiger charge is -2.26. The quantitative estimate of drug-likeness (QED) is 0.282. The van der Waals surface area contributed by atoms with E-state index in [1.165, 1.54) is 7.11 Å². The zero-order valence-corrected chi connectivity index (χ0v) is 24.9. The van der Waals surface area contributed by atoms with Gasteiger partial charge in [-0.2, -0.15) is 0 Å². The lowest BCUT2D eigenvalue weighted by Crippen LogP contribution is -2.38. The fraction of sp³-hybridized carbons (Fsp3) is 0.531. The summed E-state index contributed by atoms with van der Waals surface area (Å²) in [6.07, 6.45) is 2.16. The molecule has 7 nitrogen and oxygen atoms in total. The lowest BCUT2D eigenvalue weighted by atomic mass is 9.92. The first kappa shape index (κ1) is 32.0. The molecule has 2 aromatic carbocycles. The molecule has 0 aliphatic carbocycles. The standard InChI is InChI=1S/C32H47N3O4/c1-8-12-26(21-24-13-15-25(16-14-24)32(38)39-7)30(36)33-29-22-27(17-18-28(29)23(5)6)31(37)35(11-4)20-19-34(9-2)10-3/h13-18,22-23,26H,8-12,19-21H2,1-7H3,(H,33,36). The first-order valence-corrected chi connectivity index (χ1v) is 14.3. The molecule has 0 heterocycles. The van der Waals surface area contributed by atoms with Crippen LogP contribution in [0.5, 0.6) is 0 Å². The van der Waals surface area contributed by atoms with Crippen LogP contribution in [-0.4, -0.2) is 67.4 Å². The number of ether oxygens (including phenoxy) is 1. The molecule has 39 heavy (non-hydrogen) atoms. The number of carbonyl (C=O) groups excluding carboxylic acids is 3. The number of likely N-dealkylation sites (N-methyl/N-ethyl adjacent to an activating group) is 2. The van der Waals surface area contributed by atoms with E-state index in [1.54, 1.807) is 12.1 Å². The van der Waals surface area contributed by atoms with Gasteiger partial charge in [0, 0.05) is 36.8 Å². The van der Waals surface area contributed by atoms with E-state index in [2.05, 4.69) is 44.8 Å². The van der Waals surface area contributed by atoms with Gasteiger partial charge in [0.05, 0.1) is 12.7 Å². The number of nitrogens with one attached hydrogen (secondary N) is 1. The van der Waals surface area contributed by atoms with Gasteiger partial charge in [-0.15, -0.1) is 0 Å². The minimum atomic E-state index is -0.380. The number of anilines is 1. The third-order valence-corrected chi connectivity index (χ3v) is 7.29. The van der Waals surface area contributed by atoms with E-state index < -0.39 is 0 Å². The Labute approximate surface area is 234 Å². The van der Waals surface area contributed by atoms with Gasteiger partial charge in [-0.3, -0.25) is 9.59 Å². The SMILES string of the molecule is CCCC(Cc1ccc(C(=O)OC)cc1)C(=O)Nc1cc(C(=O)N(CC)CCN(CC)CC)ccc1C(C)C. The molecule has 1 atom stereocenters. The van der Waals surface area contributed by atoms with Gasteiger partial charge in [0.1, 0.15) is 0 Å². The van der Waals surface area contributed by atoms with Crippen LogP contribution in [0.3, 0.4) is 0 Å². The maximum absolute atomic E-state index is 13.5. The first-order chi connectivity index (χ1) is 18.7. The van der Waals surface area contributed by atoms with Crippen molar-refractivity contribution in [3.63, 3.8) is 0 Å². The molecule has 2 aromatic rings. The third kappa shape index (κ3) is 9.20. The van der Waals surface area contributed by atoms with Gasteiger partial charge < -0.3 is 19.9 Å². The molecule has 2 amide bonds. The summed E-state index contributed by atoms with van der Waals surface area (Å²) in [5.74, 6) is -0.514. The summed E-state index contributed by atoms with van der Waals surface area (Å²) in [7, 11) is 1.36. The highest BCUT2D eigenvalue weighted by Gasteiger charge is 2.22. The first-order valence-electron chi connectivity index (χ1n) is 14.3. The maximum Gasteiger partial charge on any atom is 0.337 e. The highest BCUT2D eigenvalue weighted by Crippen LogP contribution is 2.28. The van der Waals surface area contributed by atoms with Crippen molar-refractivity contribution in [2.45, 2.75) is 66.7 Å². The predicted octanol–water partition coefficient (Wildman–Crippen LogP) is 6.00. The minimum absolute atomic E-state index is 0.0220. The van der Waals surface area contributed by atoms with Gasteiger partial charge >= 0.3 is 5.97 Å². The number of benzene rings is 2. The van der Waals surface area contributed by atoms with E-state index in [9.17, 15) is 14.4 Å². The van der Waals surface area contributed by atoms with Crippen molar-refractivity contribution in [1.29, 1.82) is 0 Å². The summed E-state index contributed by atoms with van der Waals surface area (Å²) in [4.78, 5) is 42.9. The van der Waals surface area contributed by atoms with Gasteiger partial charge in [0.15, 0.2) is 0 Å².